The second-order valence-electron chi connectivity index (χ2n) is 4.81. The smallest absolute Gasteiger partial charge is 0.418 e. The van der Waals surface area contributed by atoms with E-state index in [-0.39, 0.29) is 0 Å². The molecular weight excluding hydrogens is 396 g/mol. The molecule has 0 saturated carbocycles. The van der Waals surface area contributed by atoms with Gasteiger partial charge in [0.1, 0.15) is 0 Å². The van der Waals surface area contributed by atoms with Gasteiger partial charge in [-0.25, -0.2) is 0 Å². The van der Waals surface area contributed by atoms with Crippen molar-refractivity contribution < 1.29 is 53.1 Å². The fourth-order valence-electron chi connectivity index (χ4n) is 1.47. The zero-order valence-corrected chi connectivity index (χ0v) is 14.4. The highest BCUT2D eigenvalue weighted by Crippen LogP contribution is 2.07. The highest BCUT2D eigenvalue weighted by molar-refractivity contribution is 6.50. The van der Waals surface area contributed by atoms with Gasteiger partial charge in [-0.1, -0.05) is 6.07 Å². The third-order valence-corrected chi connectivity index (χ3v) is 2.17. The van der Waals surface area contributed by atoms with E-state index in [0.29, 0.717) is 21.0 Å². The molecule has 0 aliphatic carbocycles. The fourth-order valence-corrected chi connectivity index (χ4v) is 1.47. The van der Waals surface area contributed by atoms with Crippen molar-refractivity contribution in [2.24, 2.45) is 0 Å². The van der Waals surface area contributed by atoms with Gasteiger partial charge in [0.25, 0.3) is 0 Å². The van der Waals surface area contributed by atoms with E-state index in [1.165, 1.54) is 12.4 Å². The minimum atomic E-state index is -6.00. The summed E-state index contributed by atoms with van der Waals surface area (Å²) in [5.74, 6) is 0. The molecule has 0 aliphatic rings. The van der Waals surface area contributed by atoms with Gasteiger partial charge in [0.15, 0.2) is 0 Å². The van der Waals surface area contributed by atoms with Gasteiger partial charge in [-0.15, -0.1) is 0 Å². The zero-order chi connectivity index (χ0) is 21.8. The van der Waals surface area contributed by atoms with Crippen molar-refractivity contribution in [2.75, 3.05) is 0 Å². The lowest BCUT2D eigenvalue weighted by Gasteiger charge is -1.94. The first-order valence-electron chi connectivity index (χ1n) is 7.04. The summed E-state index contributed by atoms with van der Waals surface area (Å²) in [6, 6.07) is 8.64. The average Bonchev–Trinajstić information content (AvgIpc) is 2.42. The summed E-state index contributed by atoms with van der Waals surface area (Å²) in [5, 5.41) is 0. The van der Waals surface area contributed by atoms with Crippen LogP contribution in [0.3, 0.4) is 0 Å². The van der Waals surface area contributed by atoms with E-state index in [1.807, 2.05) is 19.1 Å². The Labute approximate surface area is 149 Å². The number of halogens is 10. The first kappa shape index (κ1) is 27.0. The molecule has 0 amide bonds. The van der Waals surface area contributed by atoms with Gasteiger partial charge in [0.05, 0.1) is 8.96 Å². The first-order valence-corrected chi connectivity index (χ1v) is 7.04. The summed E-state index contributed by atoms with van der Waals surface area (Å²) in [7, 11) is -12.0. The molecule has 0 saturated heterocycles. The summed E-state index contributed by atoms with van der Waals surface area (Å²) in [6.07, 6.45) is 2.67. The molecule has 2 rings (SSSR count). The maximum Gasteiger partial charge on any atom is 0.673 e. The molecule has 2 aromatic rings. The molecular formula is C13H16B2F10N2. The number of aromatic nitrogens is 2. The topological polar surface area (TPSA) is 7.76 Å². The summed E-state index contributed by atoms with van der Waals surface area (Å²) in [6.45, 7) is 5.46. The van der Waals surface area contributed by atoms with E-state index in [4.69, 9.17) is 0 Å². The molecule has 0 radical (unpaired) electrons. The van der Waals surface area contributed by atoms with Gasteiger partial charge in [-0.05, 0) is 12.5 Å². The van der Waals surface area contributed by atoms with E-state index < -0.39 is 14.5 Å². The quantitative estimate of drug-likeness (QED) is 0.428. The SMILES string of the molecule is Cc1cc(C)[n+](F)c(C)c1.F[B-](F)(F)F.F[B-](F)(F)F.F[n+]1ccccc1. The number of rotatable bonds is 0. The van der Waals surface area contributed by atoms with Gasteiger partial charge in [-0.3, -0.25) is 0 Å². The van der Waals surface area contributed by atoms with Crippen molar-refractivity contribution >= 4 is 14.5 Å². The van der Waals surface area contributed by atoms with Crippen LogP contribution in [-0.4, -0.2) is 14.5 Å². The molecule has 0 atom stereocenters. The largest absolute Gasteiger partial charge is 0.673 e. The standard InChI is InChI=1S/C8H11FN.C5H5FN.2BF4/c1-6-4-7(2)10(9)8(3)5-6;6-7-4-2-1-3-5-7;2*2-1(3,4)5/h4-5H,1-3H3;1-5H;;/q2*+1;2*-1. The molecule has 0 spiro atoms. The second-order valence-corrected chi connectivity index (χ2v) is 4.81. The highest BCUT2D eigenvalue weighted by atomic mass is 19.5. The first-order chi connectivity index (χ1) is 12.0. The Morgan fingerprint density at radius 1 is 0.630 bits per heavy atom. The van der Waals surface area contributed by atoms with Crippen molar-refractivity contribution in [3.8, 4) is 0 Å². The van der Waals surface area contributed by atoms with Crippen LogP contribution in [0, 0.1) is 20.8 Å². The summed E-state index contributed by atoms with van der Waals surface area (Å²) >= 11 is 0. The molecule has 2 heterocycles. The van der Waals surface area contributed by atoms with Gasteiger partial charge in [0.2, 0.25) is 23.8 Å². The molecule has 2 aromatic heterocycles. The Morgan fingerprint density at radius 3 is 1.15 bits per heavy atom. The Bertz CT molecular complexity index is 615. The Kier molecular flexibility index (Phi) is 12.2. The maximum absolute atomic E-state index is 12.8. The maximum atomic E-state index is 12.8. The lowest BCUT2D eigenvalue weighted by molar-refractivity contribution is -0.852. The van der Waals surface area contributed by atoms with Crippen LogP contribution in [0.5, 0.6) is 0 Å². The second kappa shape index (κ2) is 12.2. The Balaban J connectivity index is 0. The van der Waals surface area contributed by atoms with Crippen molar-refractivity contribution in [3.63, 3.8) is 0 Å². The Hall–Kier alpha value is -2.27. The Morgan fingerprint density at radius 2 is 0.926 bits per heavy atom. The summed E-state index contributed by atoms with van der Waals surface area (Å²) in [5.41, 5.74) is 2.40. The van der Waals surface area contributed by atoms with E-state index in [0.717, 1.165) is 5.56 Å². The molecule has 0 N–H and O–H groups in total. The lowest BCUT2D eigenvalue weighted by atomic mass is 10.2. The molecule has 0 aromatic carbocycles. The fraction of sp³-hybridized carbons (Fsp3) is 0.231. The third-order valence-electron chi connectivity index (χ3n) is 2.17. The molecule has 0 unspecified atom stereocenters. The van der Waals surface area contributed by atoms with E-state index in [2.05, 4.69) is 0 Å². The number of pyridine rings is 2. The number of hydrogen-bond donors (Lipinski definition) is 0. The molecule has 0 aliphatic heterocycles. The van der Waals surface area contributed by atoms with Crippen LogP contribution in [0.2, 0.25) is 0 Å². The zero-order valence-electron chi connectivity index (χ0n) is 14.4. The van der Waals surface area contributed by atoms with Crippen LogP contribution in [-0.2, 0) is 0 Å². The van der Waals surface area contributed by atoms with E-state index >= 15 is 0 Å². The molecule has 14 heteroatoms. The van der Waals surface area contributed by atoms with Crippen LogP contribution >= 0.6 is 0 Å². The van der Waals surface area contributed by atoms with Gasteiger partial charge < -0.3 is 34.5 Å². The van der Waals surface area contributed by atoms with Crippen LogP contribution in [0.4, 0.5) is 43.5 Å². The lowest BCUT2D eigenvalue weighted by Crippen LogP contribution is -2.30. The third kappa shape index (κ3) is 23.7. The van der Waals surface area contributed by atoms with Crippen LogP contribution in [0.1, 0.15) is 17.0 Å². The van der Waals surface area contributed by atoms with Gasteiger partial charge in [0, 0.05) is 47.7 Å². The van der Waals surface area contributed by atoms with Crippen molar-refractivity contribution in [3.05, 3.63) is 59.7 Å². The van der Waals surface area contributed by atoms with Crippen LogP contribution in [0.15, 0.2) is 42.7 Å². The average molecular weight is 412 g/mol. The van der Waals surface area contributed by atoms with Crippen LogP contribution in [0.25, 0.3) is 0 Å². The van der Waals surface area contributed by atoms with E-state index in [9.17, 15) is 43.5 Å². The molecule has 0 fully saturated rings. The monoisotopic (exact) mass is 412 g/mol. The summed E-state index contributed by atoms with van der Waals surface area (Å²) < 4.78 is 103. The number of nitrogens with zero attached hydrogens (tertiary/aromatic N) is 2. The summed E-state index contributed by atoms with van der Waals surface area (Å²) in [4.78, 5) is 1.19. The van der Waals surface area contributed by atoms with Crippen LogP contribution < -0.4 is 9.58 Å². The van der Waals surface area contributed by atoms with Crippen molar-refractivity contribution in [1.82, 2.24) is 0 Å². The molecule has 154 valence electrons. The van der Waals surface area contributed by atoms with E-state index in [1.54, 1.807) is 32.0 Å². The number of aryl methyl sites for hydroxylation is 3. The minimum Gasteiger partial charge on any atom is -0.418 e. The predicted octanol–water partition coefficient (Wildman–Crippen LogP) is 4.94. The minimum absolute atomic E-state index is 0.500. The normalized spacial score (nSPS) is 10.4. The molecule has 2 nitrogen and oxygen atoms in total. The molecule has 27 heavy (non-hydrogen) atoms. The number of hydrogen-bond acceptors (Lipinski definition) is 0. The highest BCUT2D eigenvalue weighted by Gasteiger charge is 2.21. The van der Waals surface area contributed by atoms with Gasteiger partial charge in [-0.2, -0.15) is 0 Å². The van der Waals surface area contributed by atoms with Gasteiger partial charge >= 0.3 is 14.5 Å². The van der Waals surface area contributed by atoms with Crippen molar-refractivity contribution in [1.29, 1.82) is 0 Å². The molecule has 0 bridgehead atoms. The predicted molar refractivity (Wildman–Crippen MR) is 80.9 cm³/mol. The van der Waals surface area contributed by atoms with Crippen molar-refractivity contribution in [2.45, 2.75) is 20.8 Å².